The van der Waals surface area contributed by atoms with Gasteiger partial charge in [-0.3, -0.25) is 14.9 Å². The van der Waals surface area contributed by atoms with Crippen LogP contribution in [0.2, 0.25) is 0 Å². The number of Topliss-reactive ketones (excluding diaryl/α,β-unsaturated/α-hetero) is 1. The van der Waals surface area contributed by atoms with Crippen LogP contribution < -0.4 is 0 Å². The fraction of sp³-hybridized carbons (Fsp3) is 0.571. The van der Waals surface area contributed by atoms with Crippen LogP contribution in [0.4, 0.5) is 0 Å². The van der Waals surface area contributed by atoms with Crippen molar-refractivity contribution < 1.29 is 9.72 Å². The molecule has 0 aromatic heterocycles. The zero-order valence-electron chi connectivity index (χ0n) is 6.24. The predicted molar refractivity (Wildman–Crippen MR) is 39.5 cm³/mol. The molecule has 0 saturated heterocycles. The standard InChI is InChI=1S/C7H9NO3/c1-3-5-6(8(10)11)7(9)4-2/h1,6H,4-5H2,2H3. The summed E-state index contributed by atoms with van der Waals surface area (Å²) in [7, 11) is 0. The topological polar surface area (TPSA) is 60.2 Å². The van der Waals surface area contributed by atoms with Crippen molar-refractivity contribution in [3.63, 3.8) is 0 Å². The van der Waals surface area contributed by atoms with Crippen molar-refractivity contribution in [1.29, 1.82) is 0 Å². The first-order valence-electron chi connectivity index (χ1n) is 3.23. The molecule has 0 aromatic rings. The van der Waals surface area contributed by atoms with Crippen LogP contribution >= 0.6 is 0 Å². The molecule has 0 heterocycles. The minimum Gasteiger partial charge on any atom is -0.292 e. The SMILES string of the molecule is C#CCC(C(=O)CC)[N+](=O)[O-]. The molecule has 0 aromatic carbocycles. The van der Waals surface area contributed by atoms with E-state index in [-0.39, 0.29) is 12.8 Å². The number of terminal acetylenes is 1. The summed E-state index contributed by atoms with van der Waals surface area (Å²) < 4.78 is 0. The second-order valence-corrected chi connectivity index (χ2v) is 2.03. The van der Waals surface area contributed by atoms with E-state index in [1.807, 2.05) is 0 Å². The maximum Gasteiger partial charge on any atom is 0.280 e. The summed E-state index contributed by atoms with van der Waals surface area (Å²) in [5, 5.41) is 10.2. The van der Waals surface area contributed by atoms with Crippen LogP contribution in [0.5, 0.6) is 0 Å². The number of rotatable bonds is 4. The van der Waals surface area contributed by atoms with Crippen LogP contribution in [-0.4, -0.2) is 16.7 Å². The molecule has 4 nitrogen and oxygen atoms in total. The Hall–Kier alpha value is -1.37. The monoisotopic (exact) mass is 155 g/mol. The molecule has 1 atom stereocenters. The maximum atomic E-state index is 10.8. The molecule has 4 heteroatoms. The molecule has 0 radical (unpaired) electrons. The Morgan fingerprint density at radius 2 is 2.36 bits per heavy atom. The van der Waals surface area contributed by atoms with Gasteiger partial charge in [-0.15, -0.1) is 6.42 Å². The largest absolute Gasteiger partial charge is 0.292 e. The third-order valence-electron chi connectivity index (χ3n) is 1.29. The van der Waals surface area contributed by atoms with Gasteiger partial charge in [0.2, 0.25) is 5.78 Å². The van der Waals surface area contributed by atoms with Crippen molar-refractivity contribution in [2.45, 2.75) is 25.8 Å². The maximum absolute atomic E-state index is 10.8. The lowest BCUT2D eigenvalue weighted by atomic mass is 10.1. The van der Waals surface area contributed by atoms with E-state index in [1.165, 1.54) is 0 Å². The van der Waals surface area contributed by atoms with Gasteiger partial charge in [0.15, 0.2) is 0 Å². The number of ketones is 1. The van der Waals surface area contributed by atoms with E-state index < -0.39 is 16.7 Å². The Morgan fingerprint density at radius 3 is 2.64 bits per heavy atom. The number of carbonyl (C=O) groups excluding carboxylic acids is 1. The van der Waals surface area contributed by atoms with Gasteiger partial charge in [-0.1, -0.05) is 12.8 Å². The van der Waals surface area contributed by atoms with Gasteiger partial charge >= 0.3 is 0 Å². The second-order valence-electron chi connectivity index (χ2n) is 2.03. The average molecular weight is 155 g/mol. The molecule has 0 saturated carbocycles. The molecule has 0 bridgehead atoms. The summed E-state index contributed by atoms with van der Waals surface area (Å²) in [5.41, 5.74) is 0. The highest BCUT2D eigenvalue weighted by Crippen LogP contribution is 2.00. The van der Waals surface area contributed by atoms with Gasteiger partial charge in [-0.05, 0) is 0 Å². The predicted octanol–water partition coefficient (Wildman–Crippen LogP) is 0.634. The molecular weight excluding hydrogens is 146 g/mol. The summed E-state index contributed by atoms with van der Waals surface area (Å²) in [6, 6.07) is -1.20. The molecule has 0 N–H and O–H groups in total. The van der Waals surface area contributed by atoms with Crippen molar-refractivity contribution in [3.8, 4) is 12.3 Å². The average Bonchev–Trinajstić information content (AvgIpc) is 1.98. The van der Waals surface area contributed by atoms with Crippen molar-refractivity contribution in [3.05, 3.63) is 10.1 Å². The van der Waals surface area contributed by atoms with E-state index in [0.717, 1.165) is 0 Å². The normalized spacial score (nSPS) is 11.6. The van der Waals surface area contributed by atoms with Crippen molar-refractivity contribution in [2.75, 3.05) is 0 Å². The first-order valence-corrected chi connectivity index (χ1v) is 3.23. The second kappa shape index (κ2) is 4.45. The van der Waals surface area contributed by atoms with Crippen LogP contribution in [0.1, 0.15) is 19.8 Å². The fourth-order valence-corrected chi connectivity index (χ4v) is 0.653. The molecule has 0 aliphatic heterocycles. The minimum atomic E-state index is -1.20. The van der Waals surface area contributed by atoms with E-state index in [4.69, 9.17) is 6.42 Å². The van der Waals surface area contributed by atoms with Gasteiger partial charge in [-0.2, -0.15) is 0 Å². The van der Waals surface area contributed by atoms with Crippen LogP contribution in [-0.2, 0) is 4.79 Å². The summed E-state index contributed by atoms with van der Waals surface area (Å²) >= 11 is 0. The quantitative estimate of drug-likeness (QED) is 0.340. The smallest absolute Gasteiger partial charge is 0.280 e. The minimum absolute atomic E-state index is 0.111. The Labute approximate surface area is 64.7 Å². The van der Waals surface area contributed by atoms with Gasteiger partial charge in [0.25, 0.3) is 6.04 Å². The first-order chi connectivity index (χ1) is 5.13. The molecule has 0 aliphatic carbocycles. The Bertz CT molecular complexity index is 204. The van der Waals surface area contributed by atoms with Crippen LogP contribution in [0.25, 0.3) is 0 Å². The summed E-state index contributed by atoms with van der Waals surface area (Å²) in [5.74, 6) is 1.69. The van der Waals surface area contributed by atoms with Crippen LogP contribution in [0, 0.1) is 22.5 Å². The summed E-state index contributed by atoms with van der Waals surface area (Å²) in [4.78, 5) is 20.4. The van der Waals surface area contributed by atoms with E-state index in [1.54, 1.807) is 6.92 Å². The highest BCUT2D eigenvalue weighted by Gasteiger charge is 2.26. The third-order valence-corrected chi connectivity index (χ3v) is 1.29. The Balaban J connectivity index is 4.24. The molecule has 0 spiro atoms. The molecule has 0 aliphatic rings. The molecule has 11 heavy (non-hydrogen) atoms. The van der Waals surface area contributed by atoms with E-state index in [9.17, 15) is 14.9 Å². The van der Waals surface area contributed by atoms with E-state index in [2.05, 4.69) is 5.92 Å². The van der Waals surface area contributed by atoms with Gasteiger partial charge in [0, 0.05) is 11.3 Å². The number of hydrogen-bond acceptors (Lipinski definition) is 3. The van der Waals surface area contributed by atoms with Gasteiger partial charge in [0.1, 0.15) is 0 Å². The Kier molecular flexibility index (Phi) is 3.89. The highest BCUT2D eigenvalue weighted by atomic mass is 16.6. The summed E-state index contributed by atoms with van der Waals surface area (Å²) in [6.07, 6.45) is 4.90. The molecule has 1 unspecified atom stereocenters. The third kappa shape index (κ3) is 2.80. The lowest BCUT2D eigenvalue weighted by Crippen LogP contribution is -2.28. The number of nitrogens with zero attached hydrogens (tertiary/aromatic N) is 1. The van der Waals surface area contributed by atoms with Gasteiger partial charge in [0.05, 0.1) is 6.42 Å². The van der Waals surface area contributed by atoms with Crippen molar-refractivity contribution in [1.82, 2.24) is 0 Å². The number of carbonyl (C=O) groups is 1. The highest BCUT2D eigenvalue weighted by molar-refractivity contribution is 5.82. The summed E-state index contributed by atoms with van der Waals surface area (Å²) in [6.45, 7) is 1.58. The van der Waals surface area contributed by atoms with Crippen molar-refractivity contribution in [2.24, 2.45) is 0 Å². The van der Waals surface area contributed by atoms with E-state index in [0.29, 0.717) is 0 Å². The Morgan fingerprint density at radius 1 is 1.82 bits per heavy atom. The lowest BCUT2D eigenvalue weighted by molar-refractivity contribution is -0.506. The first kappa shape index (κ1) is 9.63. The molecule has 0 rings (SSSR count). The van der Waals surface area contributed by atoms with Gasteiger partial charge in [-0.25, -0.2) is 0 Å². The van der Waals surface area contributed by atoms with Crippen LogP contribution in [0.15, 0.2) is 0 Å². The zero-order chi connectivity index (χ0) is 8.85. The number of nitro groups is 1. The zero-order valence-corrected chi connectivity index (χ0v) is 6.24. The van der Waals surface area contributed by atoms with Crippen LogP contribution in [0.3, 0.4) is 0 Å². The van der Waals surface area contributed by atoms with Gasteiger partial charge < -0.3 is 0 Å². The number of hydrogen-bond donors (Lipinski definition) is 0. The van der Waals surface area contributed by atoms with Crippen molar-refractivity contribution >= 4 is 5.78 Å². The lowest BCUT2D eigenvalue weighted by Gasteiger charge is -2.01. The molecular formula is C7H9NO3. The molecule has 0 amide bonds. The van der Waals surface area contributed by atoms with E-state index >= 15 is 0 Å². The fourth-order valence-electron chi connectivity index (χ4n) is 0.653. The molecule has 60 valence electrons. The molecule has 0 fully saturated rings.